The Labute approximate surface area is 231 Å². The number of carboxylic acid groups (broad SMARTS) is 2. The second kappa shape index (κ2) is 34.5. The van der Waals surface area contributed by atoms with Crippen molar-refractivity contribution in [2.45, 2.75) is 167 Å². The number of aliphatic carboxylic acids is 2. The molecule has 0 bridgehead atoms. The SMILES string of the molecule is CCCCCCCCCCCC[SiH2]CCCCCCCCCCCC.O=C(O)CCSCCC(=O)O. The molecule has 0 rings (SSSR count). The third kappa shape index (κ3) is 40.7. The van der Waals surface area contributed by atoms with Gasteiger partial charge in [-0.05, 0) is 0 Å². The van der Waals surface area contributed by atoms with Gasteiger partial charge in [0.05, 0.1) is 12.8 Å². The summed E-state index contributed by atoms with van der Waals surface area (Å²) in [5.74, 6) is -0.703. The highest BCUT2D eigenvalue weighted by Crippen LogP contribution is 2.13. The molecular weight excluding hydrogens is 484 g/mol. The molecule has 36 heavy (non-hydrogen) atoms. The normalized spacial score (nSPS) is 10.7. The Hall–Kier alpha value is -0.493. The predicted octanol–water partition coefficient (Wildman–Crippen LogP) is 9.50. The molecule has 4 nitrogen and oxygen atoms in total. The van der Waals surface area contributed by atoms with Crippen LogP contribution in [0.1, 0.15) is 155 Å². The quantitative estimate of drug-likeness (QED) is 0.0755. The first kappa shape index (κ1) is 37.7. The Morgan fingerprint density at radius 1 is 0.500 bits per heavy atom. The minimum Gasteiger partial charge on any atom is -0.481 e. The summed E-state index contributed by atoms with van der Waals surface area (Å²) < 4.78 is 0. The molecule has 6 heteroatoms. The summed E-state index contributed by atoms with van der Waals surface area (Å²) in [4.78, 5) is 19.9. The minimum atomic E-state index is -0.840. The van der Waals surface area contributed by atoms with E-state index in [4.69, 9.17) is 10.2 Å². The molecule has 216 valence electrons. The minimum absolute atomic E-state index is 0.101. The fourth-order valence-electron chi connectivity index (χ4n) is 4.28. The van der Waals surface area contributed by atoms with Gasteiger partial charge in [-0.3, -0.25) is 9.59 Å². The van der Waals surface area contributed by atoms with E-state index in [0.717, 1.165) is 0 Å². The molecule has 0 saturated heterocycles. The van der Waals surface area contributed by atoms with E-state index < -0.39 is 11.9 Å². The maximum atomic E-state index is 9.97. The van der Waals surface area contributed by atoms with Crippen molar-refractivity contribution in [3.05, 3.63) is 0 Å². The molecule has 0 heterocycles. The Kier molecular flexibility index (Phi) is 36.1. The smallest absolute Gasteiger partial charge is 0.304 e. The first-order valence-electron chi connectivity index (χ1n) is 15.6. The highest BCUT2D eigenvalue weighted by atomic mass is 32.2. The van der Waals surface area contributed by atoms with Gasteiger partial charge >= 0.3 is 11.9 Å². The zero-order valence-electron chi connectivity index (χ0n) is 24.2. The van der Waals surface area contributed by atoms with E-state index in [1.54, 1.807) is 24.9 Å². The molecule has 0 aromatic heterocycles. The summed E-state index contributed by atoms with van der Waals surface area (Å²) in [6.45, 7) is 4.61. The number of carboxylic acids is 2. The Morgan fingerprint density at radius 3 is 1.06 bits per heavy atom. The van der Waals surface area contributed by atoms with Gasteiger partial charge in [-0.15, -0.1) is 0 Å². The maximum Gasteiger partial charge on any atom is 0.304 e. The molecule has 0 radical (unpaired) electrons. The van der Waals surface area contributed by atoms with Crippen LogP contribution in [0.15, 0.2) is 0 Å². The highest BCUT2D eigenvalue weighted by Gasteiger charge is 1.99. The van der Waals surface area contributed by atoms with Crippen LogP contribution >= 0.6 is 11.8 Å². The number of carbonyl (C=O) groups is 2. The van der Waals surface area contributed by atoms with E-state index in [9.17, 15) is 9.59 Å². The summed E-state index contributed by atoms with van der Waals surface area (Å²) in [5.41, 5.74) is 0. The van der Waals surface area contributed by atoms with Gasteiger partial charge in [0.25, 0.3) is 0 Å². The van der Waals surface area contributed by atoms with Crippen molar-refractivity contribution < 1.29 is 19.8 Å². The molecule has 2 N–H and O–H groups in total. The van der Waals surface area contributed by atoms with E-state index >= 15 is 0 Å². The number of unbranched alkanes of at least 4 members (excludes halogenated alkanes) is 18. The van der Waals surface area contributed by atoms with Crippen LogP contribution in [0.3, 0.4) is 0 Å². The predicted molar refractivity (Wildman–Crippen MR) is 164 cm³/mol. The second-order valence-electron chi connectivity index (χ2n) is 10.3. The third-order valence-electron chi connectivity index (χ3n) is 6.63. The van der Waals surface area contributed by atoms with Crippen LogP contribution < -0.4 is 0 Å². The van der Waals surface area contributed by atoms with Crippen LogP contribution in [0.2, 0.25) is 12.1 Å². The van der Waals surface area contributed by atoms with Gasteiger partial charge in [0.15, 0.2) is 0 Å². The van der Waals surface area contributed by atoms with E-state index in [-0.39, 0.29) is 12.8 Å². The summed E-state index contributed by atoms with van der Waals surface area (Å²) >= 11 is 1.35. The molecule has 0 aliphatic carbocycles. The van der Waals surface area contributed by atoms with Crippen molar-refractivity contribution in [2.24, 2.45) is 0 Å². The van der Waals surface area contributed by atoms with Gasteiger partial charge in [0, 0.05) is 21.0 Å². The van der Waals surface area contributed by atoms with Gasteiger partial charge < -0.3 is 10.2 Å². The lowest BCUT2D eigenvalue weighted by atomic mass is 10.1. The maximum absolute atomic E-state index is 9.97. The monoisotopic (exact) mass is 546 g/mol. The molecule has 0 aromatic rings. The van der Waals surface area contributed by atoms with Crippen LogP contribution in [0.4, 0.5) is 0 Å². The molecule has 0 saturated carbocycles. The lowest BCUT2D eigenvalue weighted by Crippen LogP contribution is -1.99. The molecule has 0 fully saturated rings. The average molecular weight is 547 g/mol. The first-order valence-corrected chi connectivity index (χ1v) is 18.7. The molecule has 0 aromatic carbocycles. The van der Waals surface area contributed by atoms with Gasteiger partial charge in [0.1, 0.15) is 0 Å². The van der Waals surface area contributed by atoms with Gasteiger partial charge in [-0.2, -0.15) is 11.8 Å². The topological polar surface area (TPSA) is 74.6 Å². The molecule has 0 atom stereocenters. The van der Waals surface area contributed by atoms with Crippen LogP contribution in [0.25, 0.3) is 0 Å². The Morgan fingerprint density at radius 2 is 0.778 bits per heavy atom. The van der Waals surface area contributed by atoms with Crippen molar-refractivity contribution in [2.75, 3.05) is 11.5 Å². The highest BCUT2D eigenvalue weighted by molar-refractivity contribution is 7.99. The van der Waals surface area contributed by atoms with E-state index in [2.05, 4.69) is 13.8 Å². The van der Waals surface area contributed by atoms with Crippen molar-refractivity contribution >= 4 is 33.2 Å². The number of hydrogen-bond donors (Lipinski definition) is 2. The van der Waals surface area contributed by atoms with Crippen molar-refractivity contribution in [3.8, 4) is 0 Å². The van der Waals surface area contributed by atoms with Crippen LogP contribution in [0.5, 0.6) is 0 Å². The largest absolute Gasteiger partial charge is 0.481 e. The zero-order valence-corrected chi connectivity index (χ0v) is 26.4. The molecule has 0 aliphatic rings. The summed E-state index contributed by atoms with van der Waals surface area (Å²) in [7, 11) is 0.304. The molecule has 0 unspecified atom stereocenters. The summed E-state index contributed by atoms with van der Waals surface area (Å²) in [6.07, 6.45) is 30.0. The lowest BCUT2D eigenvalue weighted by Gasteiger charge is -2.03. The van der Waals surface area contributed by atoms with Crippen LogP contribution in [0, 0.1) is 0 Å². The number of rotatable bonds is 28. The molecule has 0 aliphatic heterocycles. The van der Waals surface area contributed by atoms with Crippen molar-refractivity contribution in [1.82, 2.24) is 0 Å². The van der Waals surface area contributed by atoms with Crippen LogP contribution in [-0.4, -0.2) is 43.2 Å². The standard InChI is InChI=1S/C24H52Si.C6H10O4S/c1-3-5-7-9-11-13-15-17-19-21-23-25-24-22-20-18-16-14-12-10-8-6-4-2;7-5(8)1-3-11-4-2-6(9)10/h3-25H2,1-2H3;1-4H2,(H,7,8)(H,9,10). The van der Waals surface area contributed by atoms with Crippen LogP contribution in [-0.2, 0) is 9.59 Å². The lowest BCUT2D eigenvalue weighted by molar-refractivity contribution is -0.137. The van der Waals surface area contributed by atoms with Gasteiger partial charge in [-0.25, -0.2) is 0 Å². The number of thioether (sulfide) groups is 1. The summed E-state index contributed by atoms with van der Waals surface area (Å²) in [6, 6.07) is 3.27. The third-order valence-corrected chi connectivity index (χ3v) is 9.61. The summed E-state index contributed by atoms with van der Waals surface area (Å²) in [5, 5.41) is 16.4. The average Bonchev–Trinajstić information content (AvgIpc) is 2.85. The van der Waals surface area contributed by atoms with E-state index in [0.29, 0.717) is 21.0 Å². The zero-order chi connectivity index (χ0) is 27.0. The van der Waals surface area contributed by atoms with Gasteiger partial charge in [0.2, 0.25) is 0 Å². The van der Waals surface area contributed by atoms with E-state index in [1.165, 1.54) is 127 Å². The second-order valence-corrected chi connectivity index (χ2v) is 13.7. The fraction of sp³-hybridized carbons (Fsp3) is 0.933. The van der Waals surface area contributed by atoms with Crippen molar-refractivity contribution in [1.29, 1.82) is 0 Å². The fourth-order valence-corrected chi connectivity index (χ4v) is 6.89. The van der Waals surface area contributed by atoms with Gasteiger partial charge in [-0.1, -0.05) is 154 Å². The first-order chi connectivity index (χ1) is 17.5. The molecule has 0 spiro atoms. The Balaban J connectivity index is 0. The Bertz CT molecular complexity index is 411. The molecular formula is C30H62O4SSi. The molecule has 0 amide bonds. The van der Waals surface area contributed by atoms with E-state index in [1.807, 2.05) is 0 Å². The number of hydrogen-bond acceptors (Lipinski definition) is 3. The van der Waals surface area contributed by atoms with Crippen molar-refractivity contribution in [3.63, 3.8) is 0 Å².